The zero-order valence-corrected chi connectivity index (χ0v) is 8.78. The molecule has 0 aromatic carbocycles. The van der Waals surface area contributed by atoms with Crippen molar-refractivity contribution in [2.24, 2.45) is 23.7 Å². The van der Waals surface area contributed by atoms with Crippen molar-refractivity contribution in [2.75, 3.05) is 13.2 Å². The van der Waals surface area contributed by atoms with E-state index < -0.39 is 0 Å². The van der Waals surface area contributed by atoms with E-state index in [1.54, 1.807) is 0 Å². The van der Waals surface area contributed by atoms with Gasteiger partial charge in [0.15, 0.2) is 0 Å². The summed E-state index contributed by atoms with van der Waals surface area (Å²) in [6, 6.07) is 0.742. The number of nitrogens with one attached hydrogen (secondary N) is 1. The molecule has 2 bridgehead atoms. The van der Waals surface area contributed by atoms with Crippen LogP contribution in [-0.4, -0.2) is 24.3 Å². The fraction of sp³-hybridized carbons (Fsp3) is 1.00. The van der Waals surface area contributed by atoms with Gasteiger partial charge in [-0.25, -0.2) is 0 Å². The van der Waals surface area contributed by atoms with Crippen LogP contribution in [0.15, 0.2) is 0 Å². The topological polar surface area (TPSA) is 32.3 Å². The monoisotopic (exact) mass is 195 g/mol. The molecule has 0 spiro atoms. The molecule has 3 aliphatic rings. The molecule has 0 unspecified atom stereocenters. The molecule has 0 aliphatic heterocycles. The van der Waals surface area contributed by atoms with Crippen LogP contribution in [0.3, 0.4) is 0 Å². The molecule has 0 heterocycles. The lowest BCUT2D eigenvalue weighted by atomic mass is 9.79. The molecule has 2 N–H and O–H groups in total. The number of hydrogen-bond acceptors (Lipinski definition) is 2. The second kappa shape index (κ2) is 3.49. The fourth-order valence-corrected chi connectivity index (χ4v) is 4.55. The number of hydrogen-bond donors (Lipinski definition) is 2. The third-order valence-electron chi connectivity index (χ3n) is 4.95. The molecule has 3 saturated carbocycles. The molecule has 0 aromatic heterocycles. The number of aliphatic hydroxyl groups is 1. The summed E-state index contributed by atoms with van der Waals surface area (Å²) in [4.78, 5) is 0. The Labute approximate surface area is 86.1 Å². The van der Waals surface area contributed by atoms with E-state index in [0.29, 0.717) is 6.61 Å². The highest BCUT2D eigenvalue weighted by Gasteiger charge is 2.53. The second-order valence-electron chi connectivity index (χ2n) is 5.44. The van der Waals surface area contributed by atoms with Gasteiger partial charge in [0.2, 0.25) is 0 Å². The maximum absolute atomic E-state index is 8.82. The molecule has 0 radical (unpaired) electrons. The van der Waals surface area contributed by atoms with E-state index in [9.17, 15) is 0 Å². The molecule has 80 valence electrons. The Morgan fingerprint density at radius 3 is 2.79 bits per heavy atom. The van der Waals surface area contributed by atoms with Crippen LogP contribution >= 0.6 is 0 Å². The molecule has 3 aliphatic carbocycles. The minimum Gasteiger partial charge on any atom is -0.395 e. The van der Waals surface area contributed by atoms with Crippen LogP contribution in [0.2, 0.25) is 0 Å². The Hall–Kier alpha value is -0.0800. The number of rotatable bonds is 3. The summed E-state index contributed by atoms with van der Waals surface area (Å²) in [6.07, 6.45) is 7.36. The summed E-state index contributed by atoms with van der Waals surface area (Å²) in [5, 5.41) is 12.3. The number of aliphatic hydroxyl groups excluding tert-OH is 1. The first kappa shape index (κ1) is 9.17. The summed E-state index contributed by atoms with van der Waals surface area (Å²) < 4.78 is 0. The summed E-state index contributed by atoms with van der Waals surface area (Å²) in [7, 11) is 0. The molecule has 5 atom stereocenters. The molecular weight excluding hydrogens is 174 g/mol. The quantitative estimate of drug-likeness (QED) is 0.713. The lowest BCUT2D eigenvalue weighted by Crippen LogP contribution is -2.40. The van der Waals surface area contributed by atoms with Crippen LogP contribution in [0.5, 0.6) is 0 Å². The van der Waals surface area contributed by atoms with Gasteiger partial charge in [0.05, 0.1) is 6.61 Å². The SMILES string of the molecule is OCCN[C@@H]1C[C@H]2C[C@H]1[C@@H]1CCC[C@@H]21. The average Bonchev–Trinajstić information content (AvgIpc) is 2.85. The summed E-state index contributed by atoms with van der Waals surface area (Å²) >= 11 is 0. The Balaban J connectivity index is 1.65. The smallest absolute Gasteiger partial charge is 0.0556 e. The van der Waals surface area contributed by atoms with E-state index in [2.05, 4.69) is 5.32 Å². The standard InChI is InChI=1S/C12H21NO/c14-5-4-13-12-7-8-6-11(12)10-3-1-2-9(8)10/h8-14H,1-7H2/t8-,9+,10-,11+,12-/m1/s1. The van der Waals surface area contributed by atoms with E-state index in [1.165, 1.54) is 32.1 Å². The van der Waals surface area contributed by atoms with E-state index in [-0.39, 0.29) is 0 Å². The van der Waals surface area contributed by atoms with Crippen molar-refractivity contribution in [3.63, 3.8) is 0 Å². The Kier molecular flexibility index (Phi) is 2.29. The zero-order valence-electron chi connectivity index (χ0n) is 8.78. The summed E-state index contributed by atoms with van der Waals surface area (Å²) in [6.45, 7) is 1.09. The van der Waals surface area contributed by atoms with Crippen molar-refractivity contribution in [3.05, 3.63) is 0 Å². The van der Waals surface area contributed by atoms with Crippen LogP contribution in [0.1, 0.15) is 32.1 Å². The van der Waals surface area contributed by atoms with Gasteiger partial charge in [-0.1, -0.05) is 6.42 Å². The molecule has 2 nitrogen and oxygen atoms in total. The Bertz CT molecular complexity index is 218. The van der Waals surface area contributed by atoms with Gasteiger partial charge in [-0.05, 0) is 49.4 Å². The summed E-state index contributed by atoms with van der Waals surface area (Å²) in [5.74, 6) is 4.12. The Morgan fingerprint density at radius 1 is 1.07 bits per heavy atom. The second-order valence-corrected chi connectivity index (χ2v) is 5.44. The van der Waals surface area contributed by atoms with Gasteiger partial charge in [-0.15, -0.1) is 0 Å². The van der Waals surface area contributed by atoms with Gasteiger partial charge >= 0.3 is 0 Å². The van der Waals surface area contributed by atoms with Crippen LogP contribution in [-0.2, 0) is 0 Å². The Morgan fingerprint density at radius 2 is 1.93 bits per heavy atom. The minimum atomic E-state index is 0.294. The van der Waals surface area contributed by atoms with Gasteiger partial charge in [0.1, 0.15) is 0 Å². The molecule has 3 fully saturated rings. The van der Waals surface area contributed by atoms with Crippen LogP contribution in [0, 0.1) is 23.7 Å². The van der Waals surface area contributed by atoms with Gasteiger partial charge in [-0.3, -0.25) is 0 Å². The zero-order chi connectivity index (χ0) is 9.54. The number of fused-ring (bicyclic) bond motifs is 5. The summed E-state index contributed by atoms with van der Waals surface area (Å²) in [5.41, 5.74) is 0. The third-order valence-corrected chi connectivity index (χ3v) is 4.95. The maximum Gasteiger partial charge on any atom is 0.0556 e. The van der Waals surface area contributed by atoms with E-state index in [1.807, 2.05) is 0 Å². The van der Waals surface area contributed by atoms with Crippen LogP contribution in [0.25, 0.3) is 0 Å². The highest BCUT2D eigenvalue weighted by Crippen LogP contribution is 2.58. The molecular formula is C12H21NO. The van der Waals surface area contributed by atoms with Crippen molar-refractivity contribution in [1.29, 1.82) is 0 Å². The maximum atomic E-state index is 8.82. The predicted octanol–water partition coefficient (Wildman–Crippen LogP) is 1.39. The van der Waals surface area contributed by atoms with Crippen molar-refractivity contribution in [2.45, 2.75) is 38.1 Å². The first-order valence-corrected chi connectivity index (χ1v) is 6.24. The minimum absolute atomic E-state index is 0.294. The molecule has 0 amide bonds. The van der Waals surface area contributed by atoms with Crippen molar-refractivity contribution >= 4 is 0 Å². The third kappa shape index (κ3) is 1.24. The lowest BCUT2D eigenvalue weighted by Gasteiger charge is -2.32. The molecule has 3 rings (SSSR count). The molecule has 0 aromatic rings. The van der Waals surface area contributed by atoms with Crippen LogP contribution in [0.4, 0.5) is 0 Å². The largest absolute Gasteiger partial charge is 0.395 e. The van der Waals surface area contributed by atoms with Crippen LogP contribution < -0.4 is 5.32 Å². The molecule has 2 heteroatoms. The van der Waals surface area contributed by atoms with Crippen molar-refractivity contribution in [1.82, 2.24) is 5.32 Å². The first-order valence-electron chi connectivity index (χ1n) is 6.24. The predicted molar refractivity (Wildman–Crippen MR) is 55.9 cm³/mol. The first-order chi connectivity index (χ1) is 6.90. The van der Waals surface area contributed by atoms with Gasteiger partial charge in [0.25, 0.3) is 0 Å². The van der Waals surface area contributed by atoms with E-state index in [4.69, 9.17) is 5.11 Å². The highest BCUT2D eigenvalue weighted by atomic mass is 16.3. The highest BCUT2D eigenvalue weighted by molar-refractivity contribution is 5.05. The van der Waals surface area contributed by atoms with Gasteiger partial charge in [0, 0.05) is 12.6 Å². The van der Waals surface area contributed by atoms with E-state index >= 15 is 0 Å². The molecule has 0 saturated heterocycles. The van der Waals surface area contributed by atoms with Crippen molar-refractivity contribution in [3.8, 4) is 0 Å². The fourth-order valence-electron chi connectivity index (χ4n) is 4.55. The van der Waals surface area contributed by atoms with Gasteiger partial charge in [-0.2, -0.15) is 0 Å². The van der Waals surface area contributed by atoms with Crippen molar-refractivity contribution < 1.29 is 5.11 Å². The normalized spacial score (nSPS) is 49.9. The lowest BCUT2D eigenvalue weighted by molar-refractivity contribution is 0.197. The average molecular weight is 195 g/mol. The van der Waals surface area contributed by atoms with Gasteiger partial charge < -0.3 is 10.4 Å². The van der Waals surface area contributed by atoms with E-state index in [0.717, 1.165) is 36.3 Å². The molecule has 14 heavy (non-hydrogen) atoms.